The fourth-order valence-corrected chi connectivity index (χ4v) is 17.2. The molecule has 2 saturated heterocycles. The van der Waals surface area contributed by atoms with Gasteiger partial charge in [-0.15, -0.1) is 0 Å². The molecule has 2 fully saturated rings. The number of aliphatic hydroxyl groups excluding tert-OH is 5. The Bertz CT molecular complexity index is 2550. The van der Waals surface area contributed by atoms with Crippen molar-refractivity contribution >= 4 is 43.5 Å². The van der Waals surface area contributed by atoms with E-state index in [4.69, 9.17) is 37.7 Å². The molecule has 9 N–H and O–H groups in total. The van der Waals surface area contributed by atoms with Crippen LogP contribution in [-0.4, -0.2) is 170 Å². The van der Waals surface area contributed by atoms with Gasteiger partial charge in [0.25, 0.3) is 0 Å². The van der Waals surface area contributed by atoms with E-state index in [1.165, 1.54) is 122 Å². The highest BCUT2D eigenvalue weighted by atomic mass is 31.2. The number of carbonyl (C=O) groups excluding carboxylic acids is 6. The van der Waals surface area contributed by atoms with Gasteiger partial charge in [0.15, 0.2) is 18.7 Å². The number of ether oxygens (including phenoxy) is 7. The lowest BCUT2D eigenvalue weighted by Crippen LogP contribution is -2.68. The van der Waals surface area contributed by atoms with Crippen LogP contribution < -0.4 is 10.6 Å². The summed E-state index contributed by atoms with van der Waals surface area (Å²) >= 11 is 0. The van der Waals surface area contributed by atoms with Gasteiger partial charge in [0.2, 0.25) is 11.8 Å². The maximum absolute atomic E-state index is 15.2. The van der Waals surface area contributed by atoms with Crippen molar-refractivity contribution in [1.29, 1.82) is 0 Å². The highest BCUT2D eigenvalue weighted by Gasteiger charge is 2.55. The Morgan fingerprint density at radius 1 is 0.400 bits per heavy atom. The van der Waals surface area contributed by atoms with Crippen molar-refractivity contribution in [2.24, 2.45) is 0 Å². The minimum atomic E-state index is -5.63. The molecule has 6 unspecified atom stereocenters. The molecule has 13 atom stereocenters. The monoisotopic (exact) mass is 1730 g/mol. The van der Waals surface area contributed by atoms with E-state index in [1.54, 1.807) is 0 Å². The Kier molecular flexibility index (Phi) is 70.1. The predicted molar refractivity (Wildman–Crippen MR) is 474 cm³/mol. The maximum atomic E-state index is 15.2. The zero-order chi connectivity index (χ0) is 88.0. The standard InChI is InChI=1S/C95H179N2O22P/c1-7-13-19-25-31-37-38-44-50-56-62-68-86(105)114-80(66-60-54-48-42-35-29-23-17-11-5)72-88(107)117-92-90(97-84(103)71-79(65-59-53-47-41-34-28-22-16-10-4)113-85(104)67-61-55-49-43-36-30-24-18-12-6)94(116-82(74-98)91(92)119-120(109,110)111)112-76-95(75-99)73-81(115-87(106)70-78(101)64-58-52-46-40-33-27-21-15-9-3)89(93(108)118-95)96-83(102)69-77(100)63-57-51-45-39-32-26-20-14-8-2/h77-82,89-94,98-101,108H,7-76H2,1-6H3,(H,96,102)(H,97,103)(H2,109,110,111)/t77-,78-,79-,80-,81?,82?,89?,90?,91-,92?,93+,94-,95?/m1/s1. The fourth-order valence-electron chi connectivity index (χ4n) is 16.6. The van der Waals surface area contributed by atoms with Gasteiger partial charge >= 0.3 is 31.7 Å². The summed E-state index contributed by atoms with van der Waals surface area (Å²) in [5.74, 6) is -4.42. The summed E-state index contributed by atoms with van der Waals surface area (Å²) in [5.41, 5.74) is -2.09. The highest BCUT2D eigenvalue weighted by molar-refractivity contribution is 7.46. The molecule has 0 aliphatic carbocycles. The Balaban J connectivity index is 2.77. The van der Waals surface area contributed by atoms with E-state index in [0.717, 1.165) is 199 Å². The molecule has 0 spiro atoms. The van der Waals surface area contributed by atoms with Crippen LogP contribution in [0.15, 0.2) is 0 Å². The van der Waals surface area contributed by atoms with E-state index in [0.29, 0.717) is 57.8 Å². The molecule has 0 radical (unpaired) electrons. The lowest BCUT2D eigenvalue weighted by molar-refractivity contribution is -0.311. The van der Waals surface area contributed by atoms with Crippen LogP contribution in [0.5, 0.6) is 0 Å². The Labute approximate surface area is 727 Å². The van der Waals surface area contributed by atoms with Gasteiger partial charge in [-0.1, -0.05) is 375 Å². The quantitative estimate of drug-likeness (QED) is 0.0118. The first-order valence-electron chi connectivity index (χ1n) is 49.4. The number of esters is 4. The van der Waals surface area contributed by atoms with Crippen LogP contribution in [0.2, 0.25) is 0 Å². The minimum absolute atomic E-state index is 0.110. The first-order chi connectivity index (χ1) is 58.1. The van der Waals surface area contributed by atoms with Gasteiger partial charge in [0.05, 0.1) is 57.7 Å². The van der Waals surface area contributed by atoms with Crippen molar-refractivity contribution in [2.75, 3.05) is 19.8 Å². The van der Waals surface area contributed by atoms with E-state index >= 15 is 9.59 Å². The smallest absolute Gasteiger partial charge is 0.462 e. The number of carbonyl (C=O) groups is 6. The summed E-state index contributed by atoms with van der Waals surface area (Å²) in [6, 6.07) is -3.33. The van der Waals surface area contributed by atoms with Gasteiger partial charge in [0.1, 0.15) is 48.2 Å². The van der Waals surface area contributed by atoms with Gasteiger partial charge in [-0.2, -0.15) is 0 Å². The molecule has 706 valence electrons. The third-order valence-corrected chi connectivity index (χ3v) is 24.5. The van der Waals surface area contributed by atoms with Crippen LogP contribution in [0.4, 0.5) is 0 Å². The number of amides is 2. The summed E-state index contributed by atoms with van der Waals surface area (Å²) in [7, 11) is -5.63. The number of hydrogen-bond donors (Lipinski definition) is 9. The molecule has 120 heavy (non-hydrogen) atoms. The summed E-state index contributed by atoms with van der Waals surface area (Å²) in [5, 5.41) is 62.8. The second kappa shape index (κ2) is 74.7. The molecule has 0 aromatic rings. The van der Waals surface area contributed by atoms with E-state index in [1.807, 2.05) is 0 Å². The average Bonchev–Trinajstić information content (AvgIpc) is 0.774. The molecule has 2 aliphatic heterocycles. The van der Waals surface area contributed by atoms with Crippen LogP contribution in [0.1, 0.15) is 472 Å². The molecule has 25 heteroatoms. The molecule has 2 heterocycles. The largest absolute Gasteiger partial charge is 0.470 e. The van der Waals surface area contributed by atoms with Crippen LogP contribution in [0, 0.1) is 0 Å². The number of rotatable bonds is 83. The number of phosphoric acid groups is 1. The highest BCUT2D eigenvalue weighted by Crippen LogP contribution is 2.43. The van der Waals surface area contributed by atoms with Gasteiger partial charge < -0.3 is 79.1 Å². The normalized spacial score (nSPS) is 20.4. The van der Waals surface area contributed by atoms with Crippen molar-refractivity contribution in [1.82, 2.24) is 10.6 Å². The molecule has 0 saturated carbocycles. The van der Waals surface area contributed by atoms with Crippen LogP contribution in [0.25, 0.3) is 0 Å². The van der Waals surface area contributed by atoms with Crippen LogP contribution in [-0.2, 0) is 71.0 Å². The predicted octanol–water partition coefficient (Wildman–Crippen LogP) is 20.9. The molecule has 24 nitrogen and oxygen atoms in total. The maximum Gasteiger partial charge on any atom is 0.470 e. The Morgan fingerprint density at radius 3 is 1.09 bits per heavy atom. The zero-order valence-electron chi connectivity index (χ0n) is 76.6. The Morgan fingerprint density at radius 2 is 0.725 bits per heavy atom. The van der Waals surface area contributed by atoms with E-state index in [-0.39, 0.29) is 25.7 Å². The molecule has 0 bridgehead atoms. The van der Waals surface area contributed by atoms with Gasteiger partial charge in [-0.25, -0.2) is 4.57 Å². The number of phosphoric ester groups is 1. The van der Waals surface area contributed by atoms with Crippen molar-refractivity contribution < 1.29 is 106 Å². The second-order valence-corrected chi connectivity index (χ2v) is 36.7. The molecule has 0 aromatic heterocycles. The van der Waals surface area contributed by atoms with Crippen LogP contribution >= 0.6 is 7.82 Å². The van der Waals surface area contributed by atoms with E-state index in [2.05, 4.69) is 52.2 Å². The Hall–Kier alpha value is -3.39. The molecule has 2 amide bonds. The molecular weight excluding hydrogens is 1550 g/mol. The average molecular weight is 1730 g/mol. The first kappa shape index (κ1) is 113. The zero-order valence-corrected chi connectivity index (χ0v) is 77.5. The van der Waals surface area contributed by atoms with Crippen molar-refractivity contribution in [2.45, 2.75) is 551 Å². The van der Waals surface area contributed by atoms with Crippen molar-refractivity contribution in [3.05, 3.63) is 0 Å². The van der Waals surface area contributed by atoms with Gasteiger partial charge in [-0.3, -0.25) is 33.3 Å². The summed E-state index contributed by atoms with van der Waals surface area (Å²) < 4.78 is 62.5. The fraction of sp³-hybridized carbons (Fsp3) is 0.937. The number of aliphatic hydroxyl groups is 5. The van der Waals surface area contributed by atoms with Crippen LogP contribution in [0.3, 0.4) is 0 Å². The molecule has 2 rings (SSSR count). The van der Waals surface area contributed by atoms with E-state index < -0.39 is 168 Å². The number of hydrogen-bond acceptors (Lipinski definition) is 20. The molecule has 0 aromatic carbocycles. The van der Waals surface area contributed by atoms with Crippen molar-refractivity contribution in [3.63, 3.8) is 0 Å². The van der Waals surface area contributed by atoms with Crippen molar-refractivity contribution in [3.8, 4) is 0 Å². The van der Waals surface area contributed by atoms with E-state index in [9.17, 15) is 59.1 Å². The molecule has 2 aliphatic rings. The topological polar surface area (TPSA) is 359 Å². The SMILES string of the molecule is CCCCCCCCCCCCCC(=O)O[C@H](CCCCCCCCCCC)CC(=O)OC1C(NC(=O)C[C@@H](CCCCCCCCCCC)OC(=O)CCCCCCCCCCC)[C@H](OCC2(CO)CC(OC(=O)C[C@H](O)CCCCCCCCCCC)C(NC(=O)C[C@H](O)CCCCCCCCCCC)[C@@H](O)O2)OC(CO)[C@H]1OP(=O)(O)O. The third-order valence-electron chi connectivity index (χ3n) is 24.0. The number of unbranched alkanes of at least 4 members (excludes halogenated alkanes) is 50. The third kappa shape index (κ3) is 58.8. The summed E-state index contributed by atoms with van der Waals surface area (Å²) in [6.07, 6.45) is 41.8. The van der Waals surface area contributed by atoms with Gasteiger partial charge in [-0.05, 0) is 51.4 Å². The summed E-state index contributed by atoms with van der Waals surface area (Å²) in [4.78, 5) is 107. The van der Waals surface area contributed by atoms with Gasteiger partial charge in [0, 0.05) is 19.3 Å². The minimum Gasteiger partial charge on any atom is -0.462 e. The lowest BCUT2D eigenvalue weighted by Gasteiger charge is -2.48. The molecular formula is C95H179N2O22P. The number of nitrogens with one attached hydrogen (secondary N) is 2. The first-order valence-corrected chi connectivity index (χ1v) is 50.9. The summed E-state index contributed by atoms with van der Waals surface area (Å²) in [6.45, 7) is 10.3. The lowest BCUT2D eigenvalue weighted by atomic mass is 9.89. The second-order valence-electron chi connectivity index (χ2n) is 35.5.